The number of aromatic amines is 1. The Morgan fingerprint density at radius 3 is 2.80 bits per heavy atom. The van der Waals surface area contributed by atoms with E-state index in [2.05, 4.69) is 14.9 Å². The first-order valence-electron chi connectivity index (χ1n) is 7.77. The highest BCUT2D eigenvalue weighted by molar-refractivity contribution is 5.99. The average Bonchev–Trinajstić information content (AvgIpc) is 3.03. The van der Waals surface area contributed by atoms with Gasteiger partial charge in [-0.3, -0.25) is 9.89 Å². The van der Waals surface area contributed by atoms with E-state index in [1.807, 2.05) is 13.8 Å². The molecule has 136 valence electrons. The topological polar surface area (TPSA) is 84.2 Å². The van der Waals surface area contributed by atoms with Crippen LogP contribution in [0.15, 0.2) is 30.5 Å². The zero-order valence-electron chi connectivity index (χ0n) is 14.4. The lowest BCUT2D eigenvalue weighted by atomic mass is 9.93. The number of nitrogens with zero attached hydrogens (tertiary/aromatic N) is 2. The number of carbonyl (C=O) groups is 1. The van der Waals surface area contributed by atoms with Gasteiger partial charge in [0, 0.05) is 19.2 Å². The minimum atomic E-state index is -2.91. The molecular weight excluding hydrogens is 330 g/mol. The molecule has 6 nitrogen and oxygen atoms in total. The Balaban J connectivity index is 2.27. The minimum Gasteiger partial charge on any atom is -0.435 e. The maximum absolute atomic E-state index is 12.7. The third kappa shape index (κ3) is 4.76. The van der Waals surface area contributed by atoms with Gasteiger partial charge in [0.15, 0.2) is 0 Å². The molecule has 0 unspecified atom stereocenters. The lowest BCUT2D eigenvalue weighted by Crippen LogP contribution is -2.39. The van der Waals surface area contributed by atoms with Gasteiger partial charge in [-0.05, 0) is 24.1 Å². The number of halogens is 2. The lowest BCUT2D eigenvalue weighted by molar-refractivity contribution is -0.0498. The highest BCUT2D eigenvalue weighted by Crippen LogP contribution is 2.27. The van der Waals surface area contributed by atoms with E-state index in [9.17, 15) is 13.6 Å². The normalized spacial score (nSPS) is 11.6. The number of nitrogens with one attached hydrogen (secondary N) is 1. The zero-order chi connectivity index (χ0) is 18.6. The Morgan fingerprint density at radius 1 is 1.44 bits per heavy atom. The summed E-state index contributed by atoms with van der Waals surface area (Å²) in [5.41, 5.74) is 6.83. The maximum Gasteiger partial charge on any atom is 0.387 e. The molecule has 0 aliphatic heterocycles. The van der Waals surface area contributed by atoms with Crippen LogP contribution < -0.4 is 10.5 Å². The van der Waals surface area contributed by atoms with Crippen LogP contribution in [-0.4, -0.2) is 47.8 Å². The average molecular weight is 352 g/mol. The summed E-state index contributed by atoms with van der Waals surface area (Å²) >= 11 is 0. The van der Waals surface area contributed by atoms with Crippen molar-refractivity contribution in [3.8, 4) is 17.0 Å². The van der Waals surface area contributed by atoms with Crippen LogP contribution in [0.25, 0.3) is 11.3 Å². The summed E-state index contributed by atoms with van der Waals surface area (Å²) in [5, 5.41) is 6.67. The molecule has 25 heavy (non-hydrogen) atoms. The van der Waals surface area contributed by atoms with Gasteiger partial charge < -0.3 is 15.4 Å². The predicted octanol–water partition coefficient (Wildman–Crippen LogP) is 2.74. The summed E-state index contributed by atoms with van der Waals surface area (Å²) in [6, 6.07) is 6.11. The SMILES string of the molecule is CN(CC(C)(C)CN)C(=O)c1cn[nH]c1-c1cccc(OC(F)F)c1. The molecule has 1 heterocycles. The number of H-pyrrole nitrogens is 1. The number of alkyl halides is 2. The van der Waals surface area contributed by atoms with Gasteiger partial charge >= 0.3 is 6.61 Å². The van der Waals surface area contributed by atoms with Crippen molar-refractivity contribution in [3.63, 3.8) is 0 Å². The molecule has 8 heteroatoms. The van der Waals surface area contributed by atoms with Crippen molar-refractivity contribution in [2.24, 2.45) is 11.1 Å². The second-order valence-electron chi connectivity index (χ2n) is 6.59. The number of carbonyl (C=O) groups excluding carboxylic acids is 1. The molecule has 0 fully saturated rings. The van der Waals surface area contributed by atoms with E-state index in [4.69, 9.17) is 5.73 Å². The molecule has 0 aliphatic carbocycles. The molecule has 0 atom stereocenters. The smallest absolute Gasteiger partial charge is 0.387 e. The van der Waals surface area contributed by atoms with Gasteiger partial charge in [0.25, 0.3) is 5.91 Å². The molecule has 2 aromatic rings. The summed E-state index contributed by atoms with van der Waals surface area (Å²) in [4.78, 5) is 14.3. The van der Waals surface area contributed by atoms with Crippen LogP contribution in [0.2, 0.25) is 0 Å². The van der Waals surface area contributed by atoms with Gasteiger partial charge in [-0.1, -0.05) is 26.0 Å². The molecule has 1 aromatic heterocycles. The van der Waals surface area contributed by atoms with Crippen LogP contribution in [0.4, 0.5) is 8.78 Å². The van der Waals surface area contributed by atoms with Crippen molar-refractivity contribution in [1.29, 1.82) is 0 Å². The van der Waals surface area contributed by atoms with Gasteiger partial charge in [0.2, 0.25) is 0 Å². The number of benzene rings is 1. The van der Waals surface area contributed by atoms with Crippen LogP contribution in [0.3, 0.4) is 0 Å². The fraction of sp³-hybridized carbons (Fsp3) is 0.412. The van der Waals surface area contributed by atoms with Crippen molar-refractivity contribution in [1.82, 2.24) is 15.1 Å². The molecule has 0 saturated carbocycles. The second kappa shape index (κ2) is 7.60. The van der Waals surface area contributed by atoms with Gasteiger partial charge in [-0.15, -0.1) is 0 Å². The number of nitrogens with two attached hydrogens (primary N) is 1. The number of hydrogen-bond acceptors (Lipinski definition) is 4. The van der Waals surface area contributed by atoms with E-state index in [0.717, 1.165) is 0 Å². The van der Waals surface area contributed by atoms with E-state index in [1.54, 1.807) is 24.1 Å². The van der Waals surface area contributed by atoms with Crippen molar-refractivity contribution in [2.45, 2.75) is 20.5 Å². The van der Waals surface area contributed by atoms with E-state index >= 15 is 0 Å². The molecule has 2 rings (SSSR count). The standard InChI is InChI=1S/C17H22F2N4O2/c1-17(2,9-20)10-23(3)15(24)13-8-21-22-14(13)11-5-4-6-12(7-11)25-16(18)19/h4-8,16H,9-10,20H2,1-3H3,(H,21,22). The fourth-order valence-electron chi connectivity index (χ4n) is 2.48. The highest BCUT2D eigenvalue weighted by Gasteiger charge is 2.24. The Labute approximate surface area is 145 Å². The first-order valence-corrected chi connectivity index (χ1v) is 7.77. The molecule has 0 spiro atoms. The van der Waals surface area contributed by atoms with Crippen LogP contribution in [-0.2, 0) is 0 Å². The molecular formula is C17H22F2N4O2. The summed E-state index contributed by atoms with van der Waals surface area (Å²) in [7, 11) is 1.69. The third-order valence-electron chi connectivity index (χ3n) is 3.78. The Bertz CT molecular complexity index is 731. The van der Waals surface area contributed by atoms with E-state index in [1.165, 1.54) is 18.3 Å². The van der Waals surface area contributed by atoms with Gasteiger partial charge in [0.1, 0.15) is 5.75 Å². The number of rotatable bonds is 7. The molecule has 0 bridgehead atoms. The lowest BCUT2D eigenvalue weighted by Gasteiger charge is -2.29. The highest BCUT2D eigenvalue weighted by atomic mass is 19.3. The molecule has 0 saturated heterocycles. The van der Waals surface area contributed by atoms with Gasteiger partial charge in [-0.2, -0.15) is 13.9 Å². The van der Waals surface area contributed by atoms with Crippen LogP contribution in [0.1, 0.15) is 24.2 Å². The number of ether oxygens (including phenoxy) is 1. The van der Waals surface area contributed by atoms with Crippen molar-refractivity contribution in [3.05, 3.63) is 36.0 Å². The summed E-state index contributed by atoms with van der Waals surface area (Å²) in [5.74, 6) is -0.219. The van der Waals surface area contributed by atoms with E-state index in [0.29, 0.717) is 29.9 Å². The fourth-order valence-corrected chi connectivity index (χ4v) is 2.48. The largest absolute Gasteiger partial charge is 0.435 e. The first-order chi connectivity index (χ1) is 11.7. The van der Waals surface area contributed by atoms with Crippen molar-refractivity contribution < 1.29 is 18.3 Å². The molecule has 0 aliphatic rings. The van der Waals surface area contributed by atoms with E-state index < -0.39 is 6.61 Å². The Kier molecular flexibility index (Phi) is 5.73. The van der Waals surface area contributed by atoms with Crippen LogP contribution >= 0.6 is 0 Å². The summed E-state index contributed by atoms with van der Waals surface area (Å²) in [6.45, 7) is 1.94. The molecule has 1 amide bonds. The minimum absolute atomic E-state index is 0.0121. The monoisotopic (exact) mass is 352 g/mol. The van der Waals surface area contributed by atoms with E-state index in [-0.39, 0.29) is 17.1 Å². The predicted molar refractivity (Wildman–Crippen MR) is 90.5 cm³/mol. The first kappa shape index (κ1) is 18.9. The number of hydrogen-bond donors (Lipinski definition) is 2. The quantitative estimate of drug-likeness (QED) is 0.802. The molecule has 3 N–H and O–H groups in total. The Hall–Kier alpha value is -2.48. The van der Waals surface area contributed by atoms with Crippen LogP contribution in [0.5, 0.6) is 5.75 Å². The summed E-state index contributed by atoms with van der Waals surface area (Å²) < 4.78 is 29.2. The molecule has 0 radical (unpaired) electrons. The summed E-state index contributed by atoms with van der Waals surface area (Å²) in [6.07, 6.45) is 1.42. The second-order valence-corrected chi connectivity index (χ2v) is 6.59. The number of aromatic nitrogens is 2. The number of amides is 1. The van der Waals surface area contributed by atoms with Crippen molar-refractivity contribution >= 4 is 5.91 Å². The van der Waals surface area contributed by atoms with Crippen molar-refractivity contribution in [2.75, 3.05) is 20.1 Å². The maximum atomic E-state index is 12.7. The Morgan fingerprint density at radius 2 is 2.16 bits per heavy atom. The third-order valence-corrected chi connectivity index (χ3v) is 3.78. The molecule has 1 aromatic carbocycles. The zero-order valence-corrected chi connectivity index (χ0v) is 14.4. The van der Waals surface area contributed by atoms with Gasteiger partial charge in [0.05, 0.1) is 17.5 Å². The van der Waals surface area contributed by atoms with Crippen LogP contribution in [0, 0.1) is 5.41 Å². The van der Waals surface area contributed by atoms with Gasteiger partial charge in [-0.25, -0.2) is 0 Å².